The van der Waals surface area contributed by atoms with Crippen LogP contribution in [0.4, 0.5) is 0 Å². The number of aromatic nitrogens is 2. The Morgan fingerprint density at radius 1 is 1.18 bits per heavy atom. The van der Waals surface area contributed by atoms with Crippen LogP contribution < -0.4 is 11.2 Å². The van der Waals surface area contributed by atoms with Crippen molar-refractivity contribution in [1.29, 1.82) is 0 Å². The lowest BCUT2D eigenvalue weighted by atomic mass is 9.90. The molecule has 2 rings (SSSR count). The highest BCUT2D eigenvalue weighted by Gasteiger charge is 2.52. The molecule has 0 saturated carbocycles. The number of H-pyrrole nitrogens is 1. The van der Waals surface area contributed by atoms with Gasteiger partial charge in [0.05, 0.1) is 33.0 Å². The van der Waals surface area contributed by atoms with Gasteiger partial charge in [0.2, 0.25) is 5.41 Å². The molecule has 1 aliphatic heterocycles. The van der Waals surface area contributed by atoms with E-state index in [1.54, 1.807) is 0 Å². The number of carbonyl (C=O) groups excluding carboxylic acids is 2. The van der Waals surface area contributed by atoms with Gasteiger partial charge in [0.15, 0.2) is 0 Å². The molecule has 0 radical (unpaired) electrons. The standard InChI is InChI=1S/C22H35N2O13PS2/c1-5-33-19(27)22(20(28)34-6-2,11-32-13-40-39-7-3)12-35-38(30,31)37-15-8-17(36-16(15)10-25)24-9-14(4)18(26)23-21(24)29/h9,15-17,25H,5-8,10-13H2,1-4H3,(H,30,31)(H,23,26,29)/t15-,16?,17-/m1/s1. The Balaban J connectivity index is 2.23. The maximum atomic E-state index is 13.0. The zero-order valence-electron chi connectivity index (χ0n) is 22.6. The first-order valence-corrected chi connectivity index (χ1v) is 16.3. The summed E-state index contributed by atoms with van der Waals surface area (Å²) in [6, 6.07) is 0. The van der Waals surface area contributed by atoms with Crippen LogP contribution in [0.2, 0.25) is 0 Å². The summed E-state index contributed by atoms with van der Waals surface area (Å²) in [5.41, 5.74) is -3.40. The number of hydrogen-bond donors (Lipinski definition) is 3. The third-order valence-electron chi connectivity index (χ3n) is 5.57. The minimum atomic E-state index is -5.02. The molecule has 18 heteroatoms. The molecule has 2 unspecified atom stereocenters. The van der Waals surface area contributed by atoms with Crippen molar-refractivity contribution in [3.8, 4) is 0 Å². The Morgan fingerprint density at radius 2 is 1.82 bits per heavy atom. The van der Waals surface area contributed by atoms with Gasteiger partial charge in [-0.05, 0) is 20.8 Å². The summed E-state index contributed by atoms with van der Waals surface area (Å²) in [7, 11) is -2.20. The monoisotopic (exact) mass is 630 g/mol. The maximum Gasteiger partial charge on any atom is 0.472 e. The summed E-state index contributed by atoms with van der Waals surface area (Å²) < 4.78 is 45.6. The van der Waals surface area contributed by atoms with Crippen LogP contribution in [-0.2, 0) is 42.1 Å². The fourth-order valence-corrected chi connectivity index (χ4v) is 5.91. The summed E-state index contributed by atoms with van der Waals surface area (Å²) in [5, 5.41) is 9.74. The fraction of sp³-hybridized carbons (Fsp3) is 0.727. The number of hydrogen-bond acceptors (Lipinski definition) is 14. The molecule has 1 aromatic heterocycles. The molecule has 0 aromatic carbocycles. The number of aryl methyl sites for hydroxylation is 1. The minimum Gasteiger partial charge on any atom is -0.465 e. The van der Waals surface area contributed by atoms with Crippen LogP contribution in [-0.4, -0.2) is 88.4 Å². The van der Waals surface area contributed by atoms with E-state index in [9.17, 15) is 33.7 Å². The molecule has 1 saturated heterocycles. The zero-order chi connectivity index (χ0) is 29.9. The Morgan fingerprint density at radius 3 is 2.40 bits per heavy atom. The van der Waals surface area contributed by atoms with Gasteiger partial charge in [-0.2, -0.15) is 0 Å². The number of nitrogens with one attached hydrogen (secondary N) is 1. The van der Waals surface area contributed by atoms with Crippen LogP contribution in [0.1, 0.15) is 39.0 Å². The molecule has 2 heterocycles. The highest BCUT2D eigenvalue weighted by molar-refractivity contribution is 8.76. The lowest BCUT2D eigenvalue weighted by Gasteiger charge is -2.29. The van der Waals surface area contributed by atoms with Gasteiger partial charge >= 0.3 is 25.5 Å². The van der Waals surface area contributed by atoms with Crippen LogP contribution in [0.3, 0.4) is 0 Å². The molecule has 40 heavy (non-hydrogen) atoms. The van der Waals surface area contributed by atoms with E-state index < -0.39 is 74.7 Å². The minimum absolute atomic E-state index is 0.0922. The molecule has 15 nitrogen and oxygen atoms in total. The van der Waals surface area contributed by atoms with Crippen molar-refractivity contribution in [3.63, 3.8) is 0 Å². The molecule has 1 aromatic rings. The predicted octanol–water partition coefficient (Wildman–Crippen LogP) is 1.12. The number of aliphatic hydroxyl groups excluding tert-OH is 1. The van der Waals surface area contributed by atoms with Crippen LogP contribution in [0, 0.1) is 12.3 Å². The Labute approximate surface area is 238 Å². The van der Waals surface area contributed by atoms with E-state index in [4.69, 9.17) is 28.0 Å². The number of phosphoric ester groups is 1. The molecular formula is C22H35N2O13PS2. The van der Waals surface area contributed by atoms with Crippen molar-refractivity contribution in [1.82, 2.24) is 9.55 Å². The third kappa shape index (κ3) is 9.16. The quantitative estimate of drug-likeness (QED) is 0.0551. The van der Waals surface area contributed by atoms with E-state index in [1.165, 1.54) is 48.6 Å². The van der Waals surface area contributed by atoms with Gasteiger partial charge in [-0.3, -0.25) is 33.0 Å². The first kappa shape index (κ1) is 34.5. The van der Waals surface area contributed by atoms with Crippen molar-refractivity contribution < 1.29 is 52.1 Å². The van der Waals surface area contributed by atoms with Gasteiger partial charge in [-0.1, -0.05) is 28.5 Å². The molecule has 0 bridgehead atoms. The fourth-order valence-electron chi connectivity index (χ4n) is 3.61. The molecule has 228 valence electrons. The second kappa shape index (κ2) is 16.1. The highest BCUT2D eigenvalue weighted by atomic mass is 33.1. The lowest BCUT2D eigenvalue weighted by Crippen LogP contribution is -2.49. The average molecular weight is 631 g/mol. The number of rotatable bonds is 17. The topological polar surface area (TPSA) is 202 Å². The van der Waals surface area contributed by atoms with Gasteiger partial charge in [0.1, 0.15) is 24.4 Å². The van der Waals surface area contributed by atoms with Crippen LogP contribution in [0.5, 0.6) is 0 Å². The summed E-state index contributed by atoms with van der Waals surface area (Å²) in [5.74, 6) is -1.27. The zero-order valence-corrected chi connectivity index (χ0v) is 25.1. The van der Waals surface area contributed by atoms with Gasteiger partial charge in [-0.25, -0.2) is 9.36 Å². The Kier molecular flexibility index (Phi) is 13.9. The Bertz CT molecular complexity index is 1140. The van der Waals surface area contributed by atoms with Crippen molar-refractivity contribution in [2.75, 3.05) is 44.7 Å². The molecule has 3 N–H and O–H groups in total. The molecule has 1 fully saturated rings. The van der Waals surface area contributed by atoms with Crippen LogP contribution in [0.25, 0.3) is 0 Å². The first-order valence-electron chi connectivity index (χ1n) is 12.3. The SMILES string of the molecule is CCOC(=O)C(COCSSCC)(COP(=O)(O)O[C@@H]1C[C@H](n2cc(C)c(=O)[nH]c2=O)OC1CO)C(=O)OCC. The van der Waals surface area contributed by atoms with Crippen molar-refractivity contribution >= 4 is 41.3 Å². The molecule has 0 aliphatic carbocycles. The molecule has 1 aliphatic rings. The van der Waals surface area contributed by atoms with Crippen LogP contribution >= 0.6 is 29.4 Å². The average Bonchev–Trinajstić information content (AvgIpc) is 3.29. The Hall–Kier alpha value is -1.69. The van der Waals surface area contributed by atoms with E-state index in [0.717, 1.165) is 10.3 Å². The van der Waals surface area contributed by atoms with E-state index >= 15 is 0 Å². The second-order valence-electron chi connectivity index (χ2n) is 8.43. The molecule has 0 spiro atoms. The normalized spacial score (nSPS) is 20.7. The van der Waals surface area contributed by atoms with Crippen molar-refractivity contribution in [2.24, 2.45) is 5.41 Å². The molecule has 4 atom stereocenters. The molecular weight excluding hydrogens is 595 g/mol. The number of esters is 2. The number of ether oxygens (including phenoxy) is 4. The second-order valence-corrected chi connectivity index (χ2v) is 12.5. The number of aromatic amines is 1. The van der Waals surface area contributed by atoms with Crippen molar-refractivity contribution in [2.45, 2.75) is 52.6 Å². The summed E-state index contributed by atoms with van der Waals surface area (Å²) in [6.45, 7) is 4.05. The summed E-state index contributed by atoms with van der Waals surface area (Å²) in [4.78, 5) is 62.4. The van der Waals surface area contributed by atoms with Gasteiger partial charge in [0, 0.05) is 23.9 Å². The van der Waals surface area contributed by atoms with Gasteiger partial charge < -0.3 is 28.9 Å². The predicted molar refractivity (Wildman–Crippen MR) is 145 cm³/mol. The van der Waals surface area contributed by atoms with Crippen LogP contribution in [0.15, 0.2) is 15.8 Å². The largest absolute Gasteiger partial charge is 0.472 e. The van der Waals surface area contributed by atoms with E-state index in [1.807, 2.05) is 6.92 Å². The molecule has 0 amide bonds. The lowest BCUT2D eigenvalue weighted by molar-refractivity contribution is -0.179. The van der Waals surface area contributed by atoms with E-state index in [-0.39, 0.29) is 31.1 Å². The summed E-state index contributed by atoms with van der Waals surface area (Å²) in [6.07, 6.45) is -2.37. The van der Waals surface area contributed by atoms with Gasteiger partial charge in [-0.15, -0.1) is 0 Å². The number of aliphatic hydroxyl groups is 1. The maximum absolute atomic E-state index is 13.0. The number of carbonyl (C=O) groups is 2. The van der Waals surface area contributed by atoms with E-state index in [2.05, 4.69) is 4.98 Å². The highest BCUT2D eigenvalue weighted by Crippen LogP contribution is 2.49. The first-order chi connectivity index (χ1) is 18.9. The van der Waals surface area contributed by atoms with Crippen molar-refractivity contribution in [3.05, 3.63) is 32.6 Å². The third-order valence-corrected chi connectivity index (χ3v) is 8.73. The van der Waals surface area contributed by atoms with E-state index in [0.29, 0.717) is 0 Å². The number of phosphoric acid groups is 1. The van der Waals surface area contributed by atoms with Gasteiger partial charge in [0.25, 0.3) is 5.56 Å². The smallest absolute Gasteiger partial charge is 0.465 e. The number of nitrogens with zero attached hydrogens (tertiary/aromatic N) is 1. The summed E-state index contributed by atoms with van der Waals surface area (Å²) >= 11 is 0.